The van der Waals surface area contributed by atoms with Crippen LogP contribution in [0.4, 0.5) is 0 Å². The maximum Gasteiger partial charge on any atom is 0.0733 e. The molecule has 0 radical (unpaired) electrons. The van der Waals surface area contributed by atoms with Crippen LogP contribution in [0.1, 0.15) is 25.0 Å². The van der Waals surface area contributed by atoms with Gasteiger partial charge < -0.3 is 9.13 Å². The number of benzene rings is 6. The minimum absolute atomic E-state index is 0.0173. The zero-order valence-electron chi connectivity index (χ0n) is 22.9. The smallest absolute Gasteiger partial charge is 0.0733 e. The topological polar surface area (TPSA) is 9.86 Å². The van der Waals surface area contributed by atoms with Crippen molar-refractivity contribution in [2.75, 3.05) is 0 Å². The van der Waals surface area contributed by atoms with Gasteiger partial charge in [0.25, 0.3) is 0 Å². The second-order valence-corrected chi connectivity index (χ2v) is 11.9. The van der Waals surface area contributed by atoms with Gasteiger partial charge in [-0.25, -0.2) is 0 Å². The number of para-hydroxylation sites is 3. The van der Waals surface area contributed by atoms with Crippen molar-refractivity contribution < 1.29 is 0 Å². The molecule has 9 rings (SSSR count). The van der Waals surface area contributed by atoms with Crippen molar-refractivity contribution in [3.63, 3.8) is 0 Å². The summed E-state index contributed by atoms with van der Waals surface area (Å²) in [6, 6.07) is 42.9. The second-order valence-electron chi connectivity index (χ2n) is 11.9. The van der Waals surface area contributed by atoms with Crippen molar-refractivity contribution in [3.8, 4) is 16.8 Å². The Kier molecular flexibility index (Phi) is 4.09. The van der Waals surface area contributed by atoms with Crippen LogP contribution in [0.2, 0.25) is 0 Å². The first-order valence-electron chi connectivity index (χ1n) is 14.1. The first-order valence-corrected chi connectivity index (χ1v) is 14.1. The number of aryl methyl sites for hydroxylation is 1. The van der Waals surface area contributed by atoms with Crippen molar-refractivity contribution in [2.24, 2.45) is 7.05 Å². The van der Waals surface area contributed by atoms with Crippen LogP contribution in [-0.4, -0.2) is 9.13 Å². The van der Waals surface area contributed by atoms with E-state index in [0.29, 0.717) is 0 Å². The molecule has 0 fully saturated rings. The molecule has 40 heavy (non-hydrogen) atoms. The number of hydrogen-bond acceptors (Lipinski definition) is 0. The van der Waals surface area contributed by atoms with Gasteiger partial charge in [-0.05, 0) is 63.4 Å². The Morgan fingerprint density at radius 3 is 2.08 bits per heavy atom. The molecule has 1 aliphatic rings. The van der Waals surface area contributed by atoms with Crippen molar-refractivity contribution >= 4 is 54.4 Å². The molecule has 6 aromatic carbocycles. The summed E-state index contributed by atoms with van der Waals surface area (Å²) in [6.07, 6.45) is 0. The number of hydrogen-bond donors (Lipinski definition) is 0. The molecule has 0 spiro atoms. The Labute approximate surface area is 232 Å². The van der Waals surface area contributed by atoms with E-state index in [4.69, 9.17) is 0 Å². The molecule has 0 aliphatic heterocycles. The van der Waals surface area contributed by atoms with E-state index in [1.807, 2.05) is 0 Å². The second kappa shape index (κ2) is 7.43. The van der Waals surface area contributed by atoms with Gasteiger partial charge >= 0.3 is 0 Å². The molecule has 0 bridgehead atoms. The molecule has 0 amide bonds. The summed E-state index contributed by atoms with van der Waals surface area (Å²) in [5, 5.41) is 7.80. The minimum Gasteiger partial charge on any atom is -0.342 e. The molecule has 0 N–H and O–H groups in total. The van der Waals surface area contributed by atoms with Gasteiger partial charge in [0.1, 0.15) is 0 Å². The SMILES string of the molecule is Cn1c2ccccc2c2cccc(-n3c4ccccc4c4cc5ccc6c(c5cc43)-c3ccccc3C6(C)C)c21. The molecule has 0 atom stereocenters. The van der Waals surface area contributed by atoms with Gasteiger partial charge in [0.15, 0.2) is 0 Å². The standard InChI is InChI=1S/C38H28N2/c1-38(2)30-15-7-4-13-27(30)36-28-22-35-29(21-23(28)19-20-31(36)38)25-12-6-9-17-33(25)40(35)34-18-10-14-26-24-11-5-8-16-32(24)39(3)37(26)34/h4-22H,1-3H3. The Bertz CT molecular complexity index is 2360. The van der Waals surface area contributed by atoms with E-state index in [1.165, 1.54) is 82.3 Å². The summed E-state index contributed by atoms with van der Waals surface area (Å²) in [7, 11) is 2.20. The average Bonchev–Trinajstić information content (AvgIpc) is 3.55. The Hall–Kier alpha value is -4.82. The van der Waals surface area contributed by atoms with E-state index >= 15 is 0 Å². The van der Waals surface area contributed by atoms with Gasteiger partial charge in [0, 0.05) is 39.5 Å². The molecule has 1 aliphatic carbocycles. The monoisotopic (exact) mass is 512 g/mol. The summed E-state index contributed by atoms with van der Waals surface area (Å²) < 4.78 is 4.86. The predicted octanol–water partition coefficient (Wildman–Crippen LogP) is 9.89. The van der Waals surface area contributed by atoms with E-state index in [2.05, 4.69) is 145 Å². The number of fused-ring (bicyclic) bond motifs is 11. The lowest BCUT2D eigenvalue weighted by molar-refractivity contribution is 0.661. The number of aromatic nitrogens is 2. The van der Waals surface area contributed by atoms with Gasteiger partial charge in [-0.2, -0.15) is 0 Å². The summed E-state index contributed by atoms with van der Waals surface area (Å²) >= 11 is 0. The molecule has 0 unspecified atom stereocenters. The third-order valence-electron chi connectivity index (χ3n) is 9.50. The van der Waals surface area contributed by atoms with Crippen LogP contribution in [0.15, 0.2) is 115 Å². The van der Waals surface area contributed by atoms with Crippen LogP contribution in [0.3, 0.4) is 0 Å². The fourth-order valence-corrected chi connectivity index (χ4v) is 7.65. The summed E-state index contributed by atoms with van der Waals surface area (Å²) in [5.74, 6) is 0. The highest BCUT2D eigenvalue weighted by atomic mass is 15.0. The van der Waals surface area contributed by atoms with Crippen molar-refractivity contribution in [1.29, 1.82) is 0 Å². The minimum atomic E-state index is -0.0173. The molecule has 8 aromatic rings. The highest BCUT2D eigenvalue weighted by Crippen LogP contribution is 2.52. The van der Waals surface area contributed by atoms with Crippen molar-refractivity contribution in [3.05, 3.63) is 126 Å². The molecule has 2 heteroatoms. The van der Waals surface area contributed by atoms with Crippen LogP contribution >= 0.6 is 0 Å². The van der Waals surface area contributed by atoms with E-state index in [0.717, 1.165) is 0 Å². The fraction of sp³-hybridized carbons (Fsp3) is 0.105. The maximum absolute atomic E-state index is 2.50. The lowest BCUT2D eigenvalue weighted by Crippen LogP contribution is -2.14. The lowest BCUT2D eigenvalue weighted by Gasteiger charge is -2.21. The van der Waals surface area contributed by atoms with Gasteiger partial charge in [0.2, 0.25) is 0 Å². The molecular weight excluding hydrogens is 484 g/mol. The van der Waals surface area contributed by atoms with Gasteiger partial charge in [-0.1, -0.05) is 98.8 Å². The first kappa shape index (κ1) is 22.0. The fourth-order valence-electron chi connectivity index (χ4n) is 7.65. The van der Waals surface area contributed by atoms with Crippen LogP contribution in [0.25, 0.3) is 71.2 Å². The summed E-state index contributed by atoms with van der Waals surface area (Å²) in [5.41, 5.74) is 11.8. The van der Waals surface area contributed by atoms with Crippen LogP contribution in [0, 0.1) is 0 Å². The molecule has 2 aromatic heterocycles. The molecule has 2 heterocycles. The quantitative estimate of drug-likeness (QED) is 0.207. The third-order valence-corrected chi connectivity index (χ3v) is 9.50. The number of nitrogens with zero attached hydrogens (tertiary/aromatic N) is 2. The van der Waals surface area contributed by atoms with E-state index < -0.39 is 0 Å². The van der Waals surface area contributed by atoms with E-state index in [9.17, 15) is 0 Å². The normalized spacial score (nSPS) is 14.1. The molecule has 2 nitrogen and oxygen atoms in total. The van der Waals surface area contributed by atoms with Crippen molar-refractivity contribution in [2.45, 2.75) is 19.3 Å². The zero-order chi connectivity index (χ0) is 26.7. The third kappa shape index (κ3) is 2.59. The largest absolute Gasteiger partial charge is 0.342 e. The van der Waals surface area contributed by atoms with Crippen molar-refractivity contribution in [1.82, 2.24) is 9.13 Å². The first-order chi connectivity index (χ1) is 19.5. The van der Waals surface area contributed by atoms with Crippen LogP contribution in [0.5, 0.6) is 0 Å². The van der Waals surface area contributed by atoms with Gasteiger partial charge in [-0.15, -0.1) is 0 Å². The van der Waals surface area contributed by atoms with E-state index in [1.54, 1.807) is 0 Å². The predicted molar refractivity (Wildman–Crippen MR) is 170 cm³/mol. The Morgan fingerprint density at radius 2 is 1.23 bits per heavy atom. The zero-order valence-corrected chi connectivity index (χ0v) is 22.9. The van der Waals surface area contributed by atoms with Gasteiger partial charge in [-0.3, -0.25) is 0 Å². The molecule has 190 valence electrons. The summed E-state index contributed by atoms with van der Waals surface area (Å²) in [4.78, 5) is 0. The molecule has 0 saturated heterocycles. The molecule has 0 saturated carbocycles. The van der Waals surface area contributed by atoms with Gasteiger partial charge in [0.05, 0.1) is 22.2 Å². The Morgan fingerprint density at radius 1 is 0.525 bits per heavy atom. The number of rotatable bonds is 1. The highest BCUT2D eigenvalue weighted by molar-refractivity contribution is 6.18. The van der Waals surface area contributed by atoms with Crippen LogP contribution < -0.4 is 0 Å². The maximum atomic E-state index is 2.50. The Balaban J connectivity index is 1.47. The van der Waals surface area contributed by atoms with Crippen LogP contribution in [-0.2, 0) is 12.5 Å². The molecular formula is C38H28N2. The lowest BCUT2D eigenvalue weighted by atomic mass is 9.82. The summed E-state index contributed by atoms with van der Waals surface area (Å²) in [6.45, 7) is 4.72. The van der Waals surface area contributed by atoms with E-state index in [-0.39, 0.29) is 5.41 Å². The average molecular weight is 513 g/mol. The highest BCUT2D eigenvalue weighted by Gasteiger charge is 2.36.